The van der Waals surface area contributed by atoms with Crippen LogP contribution in [-0.4, -0.2) is 13.1 Å². The summed E-state index contributed by atoms with van der Waals surface area (Å²) >= 11 is 0. The predicted molar refractivity (Wildman–Crippen MR) is 40.4 cm³/mol. The molecule has 0 amide bonds. The molecule has 0 saturated heterocycles. The molecule has 0 radical (unpaired) electrons. The summed E-state index contributed by atoms with van der Waals surface area (Å²) in [6.07, 6.45) is 2.35. The molecule has 1 aliphatic heterocycles. The van der Waals surface area contributed by atoms with Crippen molar-refractivity contribution in [1.29, 1.82) is 0 Å². The first kappa shape index (κ1) is 6.81. The Morgan fingerprint density at radius 1 is 1.56 bits per heavy atom. The molecule has 0 fully saturated rings. The topological polar surface area (TPSA) is 12.0 Å². The second-order valence-corrected chi connectivity index (χ2v) is 3.58. The van der Waals surface area contributed by atoms with Crippen molar-refractivity contribution in [1.82, 2.24) is 5.32 Å². The zero-order valence-corrected chi connectivity index (χ0v) is 6.49. The Hall–Kier alpha value is -0.300. The highest BCUT2D eigenvalue weighted by Gasteiger charge is 2.17. The van der Waals surface area contributed by atoms with Crippen molar-refractivity contribution < 1.29 is 0 Å². The number of hydrogen-bond acceptors (Lipinski definition) is 1. The number of hydrogen-bond donors (Lipinski definition) is 1. The molecule has 9 heavy (non-hydrogen) atoms. The Labute approximate surface area is 57.1 Å². The summed E-state index contributed by atoms with van der Waals surface area (Å²) in [4.78, 5) is 0. The molecular formula is C8H15N. The van der Waals surface area contributed by atoms with Gasteiger partial charge in [0.25, 0.3) is 0 Å². The third-order valence-corrected chi connectivity index (χ3v) is 1.62. The van der Waals surface area contributed by atoms with Crippen LogP contribution in [0.4, 0.5) is 0 Å². The van der Waals surface area contributed by atoms with Crippen LogP contribution in [0.25, 0.3) is 0 Å². The second-order valence-electron chi connectivity index (χ2n) is 3.58. The minimum Gasteiger partial charge on any atom is -0.312 e. The van der Waals surface area contributed by atoms with Crippen LogP contribution in [0, 0.1) is 5.41 Å². The Kier molecular flexibility index (Phi) is 1.62. The SMILES string of the molecule is CC1=CC(C)(C)CNC1. The average Bonchev–Trinajstić information content (AvgIpc) is 1.60. The van der Waals surface area contributed by atoms with Gasteiger partial charge in [0.05, 0.1) is 0 Å². The van der Waals surface area contributed by atoms with Crippen LogP contribution in [-0.2, 0) is 0 Å². The van der Waals surface area contributed by atoms with Gasteiger partial charge >= 0.3 is 0 Å². The first-order valence-electron chi connectivity index (χ1n) is 3.49. The molecule has 0 aromatic carbocycles. The van der Waals surface area contributed by atoms with Crippen LogP contribution in [0.2, 0.25) is 0 Å². The van der Waals surface area contributed by atoms with Crippen molar-refractivity contribution in [2.24, 2.45) is 5.41 Å². The van der Waals surface area contributed by atoms with Crippen LogP contribution in [0.5, 0.6) is 0 Å². The van der Waals surface area contributed by atoms with Crippen LogP contribution in [0.1, 0.15) is 20.8 Å². The first-order valence-corrected chi connectivity index (χ1v) is 3.49. The summed E-state index contributed by atoms with van der Waals surface area (Å²) in [5.41, 5.74) is 1.84. The summed E-state index contributed by atoms with van der Waals surface area (Å²) in [7, 11) is 0. The lowest BCUT2D eigenvalue weighted by atomic mass is 9.88. The maximum absolute atomic E-state index is 3.36. The van der Waals surface area contributed by atoms with Gasteiger partial charge in [0.15, 0.2) is 0 Å². The number of nitrogens with one attached hydrogen (secondary N) is 1. The van der Waals surface area contributed by atoms with E-state index < -0.39 is 0 Å². The monoisotopic (exact) mass is 125 g/mol. The fraction of sp³-hybridized carbons (Fsp3) is 0.750. The van der Waals surface area contributed by atoms with Gasteiger partial charge < -0.3 is 5.32 Å². The summed E-state index contributed by atoms with van der Waals surface area (Å²) < 4.78 is 0. The van der Waals surface area contributed by atoms with Crippen molar-refractivity contribution >= 4 is 0 Å². The molecule has 0 bridgehead atoms. The molecule has 0 aromatic rings. The quantitative estimate of drug-likeness (QED) is 0.484. The molecule has 1 aliphatic rings. The van der Waals surface area contributed by atoms with Gasteiger partial charge in [-0.2, -0.15) is 0 Å². The molecule has 0 unspecified atom stereocenters. The minimum absolute atomic E-state index is 0.377. The van der Waals surface area contributed by atoms with Gasteiger partial charge in [-0.3, -0.25) is 0 Å². The van der Waals surface area contributed by atoms with E-state index in [-0.39, 0.29) is 0 Å². The van der Waals surface area contributed by atoms with Gasteiger partial charge in [-0.05, 0) is 12.3 Å². The largest absolute Gasteiger partial charge is 0.312 e. The number of rotatable bonds is 0. The Bertz CT molecular complexity index is 134. The van der Waals surface area contributed by atoms with Crippen LogP contribution >= 0.6 is 0 Å². The standard InChI is InChI=1S/C8H15N/c1-7-4-8(2,3)6-9-5-7/h4,9H,5-6H2,1-3H3. The molecule has 0 aromatic heterocycles. The van der Waals surface area contributed by atoms with Gasteiger partial charge in [0.1, 0.15) is 0 Å². The molecule has 1 N–H and O–H groups in total. The lowest BCUT2D eigenvalue weighted by molar-refractivity contribution is 0.418. The van der Waals surface area contributed by atoms with Gasteiger partial charge in [0, 0.05) is 13.1 Å². The molecule has 1 rings (SSSR count). The van der Waals surface area contributed by atoms with Gasteiger partial charge in [-0.25, -0.2) is 0 Å². The van der Waals surface area contributed by atoms with Gasteiger partial charge in [-0.1, -0.05) is 25.5 Å². The fourth-order valence-corrected chi connectivity index (χ4v) is 1.35. The van der Waals surface area contributed by atoms with E-state index in [9.17, 15) is 0 Å². The Balaban J connectivity index is 2.68. The fourth-order valence-electron chi connectivity index (χ4n) is 1.35. The maximum Gasteiger partial charge on any atom is 0.0162 e. The van der Waals surface area contributed by atoms with Gasteiger partial charge in [0.2, 0.25) is 0 Å². The minimum atomic E-state index is 0.377. The summed E-state index contributed by atoms with van der Waals surface area (Å²) in [6, 6.07) is 0. The second kappa shape index (κ2) is 2.14. The highest BCUT2D eigenvalue weighted by Crippen LogP contribution is 2.20. The Morgan fingerprint density at radius 2 is 2.22 bits per heavy atom. The summed E-state index contributed by atoms with van der Waals surface area (Å²) in [5, 5.41) is 3.36. The first-order chi connectivity index (χ1) is 4.10. The van der Waals surface area contributed by atoms with Crippen LogP contribution in [0.3, 0.4) is 0 Å². The zero-order valence-electron chi connectivity index (χ0n) is 6.49. The molecule has 1 nitrogen and oxygen atoms in total. The molecule has 1 heteroatoms. The molecule has 1 heterocycles. The van der Waals surface area contributed by atoms with Gasteiger partial charge in [-0.15, -0.1) is 0 Å². The maximum atomic E-state index is 3.36. The van der Waals surface area contributed by atoms with E-state index in [1.165, 1.54) is 5.57 Å². The summed E-state index contributed by atoms with van der Waals surface area (Å²) in [6.45, 7) is 8.87. The van der Waals surface area contributed by atoms with Crippen molar-refractivity contribution in [3.8, 4) is 0 Å². The van der Waals surface area contributed by atoms with E-state index in [2.05, 4.69) is 32.2 Å². The molecule has 0 saturated carbocycles. The molecular weight excluding hydrogens is 110 g/mol. The van der Waals surface area contributed by atoms with Crippen molar-refractivity contribution in [2.75, 3.05) is 13.1 Å². The molecule has 0 aliphatic carbocycles. The normalized spacial score (nSPS) is 25.4. The zero-order chi connectivity index (χ0) is 6.91. The predicted octanol–water partition coefficient (Wildman–Crippen LogP) is 1.56. The third kappa shape index (κ3) is 1.83. The lowest BCUT2D eigenvalue weighted by Gasteiger charge is -2.26. The smallest absolute Gasteiger partial charge is 0.0162 e. The average molecular weight is 125 g/mol. The van der Waals surface area contributed by atoms with E-state index in [4.69, 9.17) is 0 Å². The van der Waals surface area contributed by atoms with Crippen LogP contribution in [0.15, 0.2) is 11.6 Å². The third-order valence-electron chi connectivity index (χ3n) is 1.62. The van der Waals surface area contributed by atoms with E-state index in [0.717, 1.165) is 13.1 Å². The Morgan fingerprint density at radius 3 is 2.56 bits per heavy atom. The highest BCUT2D eigenvalue weighted by atomic mass is 14.9. The van der Waals surface area contributed by atoms with E-state index in [1.54, 1.807) is 0 Å². The lowest BCUT2D eigenvalue weighted by Crippen LogP contribution is -2.33. The van der Waals surface area contributed by atoms with Crippen molar-refractivity contribution in [3.05, 3.63) is 11.6 Å². The van der Waals surface area contributed by atoms with E-state index in [1.807, 2.05) is 0 Å². The highest BCUT2D eigenvalue weighted by molar-refractivity contribution is 5.11. The van der Waals surface area contributed by atoms with Crippen LogP contribution < -0.4 is 5.32 Å². The molecule has 0 atom stereocenters. The van der Waals surface area contributed by atoms with E-state index in [0.29, 0.717) is 5.41 Å². The molecule has 0 spiro atoms. The summed E-state index contributed by atoms with van der Waals surface area (Å²) in [5.74, 6) is 0. The van der Waals surface area contributed by atoms with E-state index >= 15 is 0 Å². The van der Waals surface area contributed by atoms with Crippen molar-refractivity contribution in [3.63, 3.8) is 0 Å². The molecule has 52 valence electrons. The van der Waals surface area contributed by atoms with Crippen molar-refractivity contribution in [2.45, 2.75) is 20.8 Å².